The number of allylic oxidation sites excluding steroid dienone is 4. The fraction of sp³-hybridized carbons (Fsp3) is 0.0244. The molecule has 0 heterocycles. The first-order chi connectivity index (χ1) is 31.9. The summed E-state index contributed by atoms with van der Waals surface area (Å²) in [5.41, 5.74) is 9.54. The minimum absolute atomic E-state index is 0. The number of hydrogen-bond donors (Lipinski definition) is 5. The van der Waals surface area contributed by atoms with Crippen molar-refractivity contribution in [3.63, 3.8) is 0 Å². The van der Waals surface area contributed by atoms with E-state index >= 15 is 0 Å². The van der Waals surface area contributed by atoms with Gasteiger partial charge in [-0.2, -0.15) is 15.3 Å². The first kappa shape index (κ1) is 62.5. The maximum atomic E-state index is 13.8. The Bertz CT molecular complexity index is 3630. The molecule has 5 aromatic carbocycles. The van der Waals surface area contributed by atoms with E-state index in [2.05, 4.69) is 41.9 Å². The van der Waals surface area contributed by atoms with Crippen LogP contribution < -0.4 is 145 Å². The number of nitrogens with one attached hydrogen (secondary N) is 4. The molecule has 23 nitrogen and oxygen atoms in total. The van der Waals surface area contributed by atoms with Crippen LogP contribution in [0.1, 0.15) is 21.5 Å². The van der Waals surface area contributed by atoms with Crippen molar-refractivity contribution in [2.75, 3.05) is 27.2 Å². The van der Waals surface area contributed by atoms with Crippen LogP contribution in [0.2, 0.25) is 0 Å². The summed E-state index contributed by atoms with van der Waals surface area (Å²) in [6.07, 6.45) is 4.79. The summed E-state index contributed by atoms with van der Waals surface area (Å²) in [4.78, 5) is 21.9. The molecule has 0 bridgehead atoms. The van der Waals surface area contributed by atoms with Crippen LogP contribution in [0.3, 0.4) is 0 Å². The number of aryl methyl sites for hydroxylation is 1. The molecular formula is C41H29N9Na4O14S4. The second-order valence-corrected chi connectivity index (χ2v) is 19.7. The Labute approximate surface area is 500 Å². The molecule has 0 aliphatic heterocycles. The number of anilines is 6. The van der Waals surface area contributed by atoms with Gasteiger partial charge in [0.1, 0.15) is 57.6 Å². The van der Waals surface area contributed by atoms with Crippen molar-refractivity contribution >= 4 is 115 Å². The molecule has 0 saturated heterocycles. The van der Waals surface area contributed by atoms with Crippen molar-refractivity contribution < 1.29 is 180 Å². The first-order valence-corrected chi connectivity index (χ1v) is 24.5. The minimum Gasteiger partial charge on any atom is -0.744 e. The van der Waals surface area contributed by atoms with Crippen molar-refractivity contribution in [3.8, 4) is 0 Å². The molecule has 5 aromatic rings. The predicted octanol–water partition coefficient (Wildman–Crippen LogP) is -7.08. The summed E-state index contributed by atoms with van der Waals surface area (Å²) in [6.45, 7) is 1.90. The number of carbonyl (C=O) groups is 2. The maximum Gasteiger partial charge on any atom is 1.00 e. The van der Waals surface area contributed by atoms with Crippen LogP contribution >= 0.6 is 0 Å². The van der Waals surface area contributed by atoms with Gasteiger partial charge in [0.15, 0.2) is 5.78 Å². The molecule has 72 heavy (non-hydrogen) atoms. The fourth-order valence-corrected chi connectivity index (χ4v) is 8.80. The summed E-state index contributed by atoms with van der Waals surface area (Å²) in [7, 11) is -21.3. The molecule has 0 fully saturated rings. The average molecular weight is 1090 g/mol. The van der Waals surface area contributed by atoms with Gasteiger partial charge in [-0.1, -0.05) is 18.2 Å². The van der Waals surface area contributed by atoms with Gasteiger partial charge in [-0.3, -0.25) is 20.4 Å². The number of nitrogens with zero attached hydrogens (tertiary/aromatic N) is 4. The summed E-state index contributed by atoms with van der Waals surface area (Å²) in [5.74, 6) is -1.65. The van der Waals surface area contributed by atoms with Crippen molar-refractivity contribution in [3.05, 3.63) is 143 Å². The number of ketones is 2. The van der Waals surface area contributed by atoms with Crippen LogP contribution in [0, 0.1) is 6.92 Å². The zero-order chi connectivity index (χ0) is 49.3. The largest absolute Gasteiger partial charge is 1.00 e. The number of para-hydroxylation sites is 1. The number of Topliss-reactive ketones (excluding diaryl/α,β-unsaturated/α-hetero) is 1. The third kappa shape index (κ3) is 15.2. The van der Waals surface area contributed by atoms with Crippen molar-refractivity contribution in [1.29, 1.82) is 0 Å². The van der Waals surface area contributed by atoms with Crippen LogP contribution in [0.15, 0.2) is 161 Å². The van der Waals surface area contributed by atoms with Gasteiger partial charge in [0, 0.05) is 17.5 Å². The number of nitrogen functional groups attached to an aromatic ring is 1. The Morgan fingerprint density at radius 3 is 1.74 bits per heavy atom. The molecule has 0 unspecified atom stereocenters. The van der Waals surface area contributed by atoms with Crippen LogP contribution in [0.25, 0.3) is 6.08 Å². The Kier molecular flexibility index (Phi) is 21.9. The first-order valence-electron chi connectivity index (χ1n) is 18.9. The molecule has 6 N–H and O–H groups in total. The summed E-state index contributed by atoms with van der Waals surface area (Å²) in [6, 6.07) is 20.9. The smallest absolute Gasteiger partial charge is 0.744 e. The van der Waals surface area contributed by atoms with E-state index in [1.165, 1.54) is 30.4 Å². The van der Waals surface area contributed by atoms with Gasteiger partial charge in [-0.05, 0) is 115 Å². The van der Waals surface area contributed by atoms with E-state index in [9.17, 15) is 61.5 Å². The number of rotatable bonds is 14. The minimum atomic E-state index is -5.59. The molecule has 0 amide bonds. The van der Waals surface area contributed by atoms with Gasteiger partial charge in [-0.15, -0.1) is 5.11 Å². The third-order valence-corrected chi connectivity index (χ3v) is 13.1. The number of nitrogens with two attached hydrogens (primary N) is 1. The van der Waals surface area contributed by atoms with Crippen LogP contribution in [-0.2, 0) is 45.3 Å². The summed E-state index contributed by atoms with van der Waals surface area (Å²) < 4.78 is 145. The molecular weight excluding hydrogens is 1060 g/mol. The monoisotopic (exact) mass is 1090 g/mol. The van der Waals surface area contributed by atoms with Crippen molar-refractivity contribution in [2.45, 2.75) is 21.6 Å². The predicted molar refractivity (Wildman–Crippen MR) is 243 cm³/mol. The van der Waals surface area contributed by atoms with E-state index in [4.69, 9.17) is 5.73 Å². The molecule has 0 spiro atoms. The quantitative estimate of drug-likeness (QED) is 0.0172. The Morgan fingerprint density at radius 2 is 1.15 bits per heavy atom. The average Bonchev–Trinajstić information content (AvgIpc) is 3.25. The van der Waals surface area contributed by atoms with Gasteiger partial charge in [0.2, 0.25) is 5.78 Å². The van der Waals surface area contributed by atoms with Gasteiger partial charge < -0.3 is 34.6 Å². The topological polar surface area (TPSA) is 387 Å². The van der Waals surface area contributed by atoms with E-state index < -0.39 is 99.7 Å². The number of hydrogen-bond acceptors (Lipinski definition) is 23. The molecule has 0 saturated carbocycles. The molecule has 0 radical (unpaired) electrons. The van der Waals surface area contributed by atoms with Crippen LogP contribution in [-0.4, -0.2) is 74.9 Å². The Balaban J connectivity index is 0.00000342. The number of carbonyl (C=O) groups excluding carboxylic acids is 2. The standard InChI is InChI=1S/C41H33N9O14S4.4Na/c1-22-4-2-3-5-30(22)44-33-21-28(51)13-17-31(33)48-45-25-8-6-24(7-9-25)43-32-16-12-27(20-34(32)66(56,57)58)47-49-39-35(67(59,60)61)18-23-19-36(68(62,63)64)40(41(52)37(23)38(39)42)50-46-26-10-14-29(15-11-26)65(53,54)55;;;;/h2-21,43-46H,42H2,1H3,(H,53,54,55)(H,56,57,58)(H,59,60,61)(H,62,63,64);;;;/q;4*+1/p-4/b48-31-,49-47?,50-40+;;;;. The second-order valence-electron chi connectivity index (χ2n) is 14.3. The van der Waals surface area contributed by atoms with E-state index in [0.29, 0.717) is 29.2 Å². The number of benzene rings is 5. The summed E-state index contributed by atoms with van der Waals surface area (Å²) >= 11 is 0. The van der Waals surface area contributed by atoms with E-state index in [-0.39, 0.29) is 141 Å². The normalized spacial score (nSPS) is 14.7. The number of hydrazone groups is 2. The SMILES string of the molecule is Cc1ccccc1NC1=CC(=O)C=C/C1=N/Nc1ccc(Nc2ccc(N=Nc3c(S(=O)(=O)[O-])cc4c(c3N)C(=O)/C(=N/Nc3ccc(S(=O)(=O)[O-])cc3)C(S(=O)(=O)[O-])=C4)cc2S(=O)(=O)[O-])cc1.[Na+].[Na+].[Na+].[Na+]. The maximum absolute atomic E-state index is 13.8. The van der Waals surface area contributed by atoms with Crippen molar-refractivity contribution in [1.82, 2.24) is 0 Å². The molecule has 2 aliphatic carbocycles. The zero-order valence-electron chi connectivity index (χ0n) is 38.3. The number of fused-ring (bicyclic) bond motifs is 1. The molecule has 31 heteroatoms. The van der Waals surface area contributed by atoms with Gasteiger partial charge in [0.05, 0.1) is 59.3 Å². The van der Waals surface area contributed by atoms with Gasteiger partial charge in [-0.25, -0.2) is 33.7 Å². The van der Waals surface area contributed by atoms with E-state index in [0.717, 1.165) is 53.7 Å². The Hall–Kier alpha value is -3.76. The molecule has 2 aliphatic rings. The van der Waals surface area contributed by atoms with Crippen molar-refractivity contribution in [2.24, 2.45) is 20.4 Å². The van der Waals surface area contributed by atoms with Gasteiger partial charge in [0.25, 0.3) is 0 Å². The van der Waals surface area contributed by atoms with Crippen LogP contribution in [0.4, 0.5) is 45.5 Å². The zero-order valence-corrected chi connectivity index (χ0v) is 49.5. The summed E-state index contributed by atoms with van der Waals surface area (Å²) in [5, 5.41) is 21.5. The molecule has 350 valence electrons. The third-order valence-electron chi connectivity index (χ3n) is 9.63. The fourth-order valence-electron chi connectivity index (χ4n) is 6.37. The molecule has 0 aromatic heterocycles. The second kappa shape index (κ2) is 25.2. The van der Waals surface area contributed by atoms with Gasteiger partial charge >= 0.3 is 118 Å². The Morgan fingerprint density at radius 1 is 0.569 bits per heavy atom. The van der Waals surface area contributed by atoms with Crippen LogP contribution in [0.5, 0.6) is 0 Å². The molecule has 0 atom stereocenters. The number of azo groups is 1. The van der Waals surface area contributed by atoms with E-state index in [1.54, 1.807) is 12.1 Å². The van der Waals surface area contributed by atoms with E-state index in [1.807, 2.05) is 31.2 Å². The molecule has 7 rings (SSSR count).